The van der Waals surface area contributed by atoms with Crippen LogP contribution in [0.1, 0.15) is 0 Å². The molecule has 5 nitrogen and oxygen atoms in total. The summed E-state index contributed by atoms with van der Waals surface area (Å²) in [6.45, 7) is 0. The number of sulfone groups is 1. The van der Waals surface area contributed by atoms with Gasteiger partial charge in [0.2, 0.25) is 0 Å². The average molecular weight is 388 g/mol. The Kier molecular flexibility index (Phi) is 4.70. The smallest absolute Gasteiger partial charge is 0.258 e. The van der Waals surface area contributed by atoms with E-state index in [1.165, 1.54) is 12.1 Å². The lowest BCUT2D eigenvalue weighted by Crippen LogP contribution is -1.99. The molecule has 0 spiro atoms. The third-order valence-corrected chi connectivity index (χ3v) is 5.50. The summed E-state index contributed by atoms with van der Waals surface area (Å²) in [7, 11) is -3.39. The molecule has 8 heteroatoms. The van der Waals surface area contributed by atoms with Crippen molar-refractivity contribution in [1.82, 2.24) is 0 Å². The third kappa shape index (κ3) is 3.84. The molecule has 0 N–H and O–H groups in total. The molecule has 2 rings (SSSR count). The Morgan fingerprint density at radius 2 is 1.81 bits per heavy atom. The van der Waals surface area contributed by atoms with E-state index in [2.05, 4.69) is 15.9 Å². The first kappa shape index (κ1) is 16.0. The van der Waals surface area contributed by atoms with Crippen molar-refractivity contribution in [1.29, 1.82) is 0 Å². The average Bonchev–Trinajstić information content (AvgIpc) is 2.40. The largest absolute Gasteiger partial charge is 0.284 e. The van der Waals surface area contributed by atoms with E-state index in [9.17, 15) is 18.5 Å². The highest BCUT2D eigenvalue weighted by atomic mass is 79.9. The first-order valence-corrected chi connectivity index (χ1v) is 9.20. The zero-order valence-electron chi connectivity index (χ0n) is 10.8. The quantitative estimate of drug-likeness (QED) is 0.586. The van der Waals surface area contributed by atoms with Crippen LogP contribution in [0.25, 0.3) is 0 Å². The number of rotatable bonds is 4. The Hall–Kier alpha value is -1.38. The Balaban J connectivity index is 2.52. The molecule has 0 aliphatic heterocycles. The molecule has 0 saturated carbocycles. The highest BCUT2D eigenvalue weighted by molar-refractivity contribution is 9.10. The van der Waals surface area contributed by atoms with Gasteiger partial charge in [0, 0.05) is 21.7 Å². The summed E-state index contributed by atoms with van der Waals surface area (Å²) in [5.41, 5.74) is -0.0716. The van der Waals surface area contributed by atoms with Crippen LogP contribution >= 0.6 is 27.7 Å². The van der Waals surface area contributed by atoms with Crippen LogP contribution in [-0.4, -0.2) is 19.6 Å². The molecule has 0 aromatic heterocycles. The van der Waals surface area contributed by atoms with Crippen LogP contribution in [-0.2, 0) is 9.84 Å². The van der Waals surface area contributed by atoms with E-state index < -0.39 is 14.8 Å². The summed E-state index contributed by atoms with van der Waals surface area (Å²) >= 11 is 4.25. The van der Waals surface area contributed by atoms with Crippen molar-refractivity contribution in [2.45, 2.75) is 14.7 Å². The van der Waals surface area contributed by atoms with Gasteiger partial charge in [-0.1, -0.05) is 39.8 Å². The monoisotopic (exact) mass is 387 g/mol. The summed E-state index contributed by atoms with van der Waals surface area (Å²) in [6, 6.07) is 11.1. The Morgan fingerprint density at radius 1 is 1.14 bits per heavy atom. The first-order chi connectivity index (χ1) is 9.79. The predicted octanol–water partition coefficient (Wildman–Crippen LogP) is 3.91. The van der Waals surface area contributed by atoms with Crippen molar-refractivity contribution in [2.75, 3.05) is 6.26 Å². The van der Waals surface area contributed by atoms with Gasteiger partial charge in [0.05, 0.1) is 14.7 Å². The van der Waals surface area contributed by atoms with Gasteiger partial charge in [-0.3, -0.25) is 10.1 Å². The van der Waals surface area contributed by atoms with Crippen molar-refractivity contribution in [3.05, 3.63) is 57.1 Å². The van der Waals surface area contributed by atoms with Gasteiger partial charge in [0.25, 0.3) is 5.69 Å². The third-order valence-electron chi connectivity index (χ3n) is 2.59. The maximum atomic E-state index is 11.8. The summed E-state index contributed by atoms with van der Waals surface area (Å²) < 4.78 is 24.1. The molecular formula is C13H10BrNO4S2. The molecule has 0 aliphatic carbocycles. The molecule has 0 fully saturated rings. The highest BCUT2D eigenvalue weighted by Gasteiger charge is 2.19. The molecule has 0 atom stereocenters. The molecular weight excluding hydrogens is 378 g/mol. The standard InChI is InChI=1S/C13H10BrNO4S2/c1-21(18,19)13-5-3-2-4-12(13)20-11-7-6-9(14)8-10(11)15(16)17/h2-8H,1H3. The minimum Gasteiger partial charge on any atom is -0.258 e. The number of hydrogen-bond donors (Lipinski definition) is 0. The second-order valence-electron chi connectivity index (χ2n) is 4.19. The van der Waals surface area contributed by atoms with Crippen molar-refractivity contribution < 1.29 is 13.3 Å². The van der Waals surface area contributed by atoms with Crippen molar-refractivity contribution >= 4 is 43.2 Å². The van der Waals surface area contributed by atoms with Crippen molar-refractivity contribution in [3.63, 3.8) is 0 Å². The molecule has 0 unspecified atom stereocenters. The summed E-state index contributed by atoms with van der Waals surface area (Å²) in [6.07, 6.45) is 1.11. The van der Waals surface area contributed by atoms with E-state index in [0.717, 1.165) is 18.0 Å². The molecule has 0 radical (unpaired) electrons. The molecule has 0 heterocycles. The minimum atomic E-state index is -3.39. The highest BCUT2D eigenvalue weighted by Crippen LogP contribution is 2.38. The molecule has 0 aliphatic rings. The number of halogens is 1. The van der Waals surface area contributed by atoms with E-state index in [0.29, 0.717) is 14.3 Å². The fourth-order valence-corrected chi connectivity index (χ4v) is 4.29. The van der Waals surface area contributed by atoms with E-state index >= 15 is 0 Å². The van der Waals surface area contributed by atoms with Crippen LogP contribution in [0.2, 0.25) is 0 Å². The zero-order valence-corrected chi connectivity index (χ0v) is 14.0. The fourth-order valence-electron chi connectivity index (χ4n) is 1.68. The van der Waals surface area contributed by atoms with Crippen LogP contribution < -0.4 is 0 Å². The zero-order chi connectivity index (χ0) is 15.6. The van der Waals surface area contributed by atoms with Crippen LogP contribution in [0, 0.1) is 10.1 Å². The van der Waals surface area contributed by atoms with Crippen LogP contribution in [0.15, 0.2) is 61.6 Å². The fraction of sp³-hybridized carbons (Fsp3) is 0.0769. The Labute approximate surface area is 134 Å². The normalized spacial score (nSPS) is 11.3. The number of hydrogen-bond acceptors (Lipinski definition) is 5. The maximum absolute atomic E-state index is 11.8. The number of nitrogens with zero attached hydrogens (tertiary/aromatic N) is 1. The molecule has 2 aromatic carbocycles. The Morgan fingerprint density at radius 3 is 2.43 bits per heavy atom. The van der Waals surface area contributed by atoms with Gasteiger partial charge in [-0.05, 0) is 24.3 Å². The van der Waals surface area contributed by atoms with Gasteiger partial charge in [0.15, 0.2) is 9.84 Å². The van der Waals surface area contributed by atoms with Gasteiger partial charge in [-0.15, -0.1) is 0 Å². The SMILES string of the molecule is CS(=O)(=O)c1ccccc1Sc1ccc(Br)cc1[N+](=O)[O-]. The van der Waals surface area contributed by atoms with Crippen LogP contribution in [0.3, 0.4) is 0 Å². The van der Waals surface area contributed by atoms with Crippen molar-refractivity contribution in [3.8, 4) is 0 Å². The number of benzene rings is 2. The second kappa shape index (κ2) is 6.17. The van der Waals surface area contributed by atoms with E-state index in [4.69, 9.17) is 0 Å². The van der Waals surface area contributed by atoms with Crippen LogP contribution in [0.5, 0.6) is 0 Å². The molecule has 21 heavy (non-hydrogen) atoms. The lowest BCUT2D eigenvalue weighted by Gasteiger charge is -2.08. The summed E-state index contributed by atoms with van der Waals surface area (Å²) in [4.78, 5) is 11.6. The molecule has 0 saturated heterocycles. The van der Waals surface area contributed by atoms with Gasteiger partial charge in [-0.2, -0.15) is 0 Å². The van der Waals surface area contributed by atoms with Crippen molar-refractivity contribution in [2.24, 2.45) is 0 Å². The summed E-state index contributed by atoms with van der Waals surface area (Å²) in [5, 5.41) is 11.1. The van der Waals surface area contributed by atoms with Crippen LogP contribution in [0.4, 0.5) is 5.69 Å². The lowest BCUT2D eigenvalue weighted by atomic mass is 10.3. The molecule has 2 aromatic rings. The van der Waals surface area contributed by atoms with Gasteiger partial charge in [0.1, 0.15) is 0 Å². The maximum Gasteiger partial charge on any atom is 0.284 e. The van der Waals surface area contributed by atoms with Gasteiger partial charge in [-0.25, -0.2) is 8.42 Å². The second-order valence-corrected chi connectivity index (χ2v) is 8.17. The molecule has 0 amide bonds. The summed E-state index contributed by atoms with van der Waals surface area (Å²) in [5.74, 6) is 0. The topological polar surface area (TPSA) is 77.3 Å². The predicted molar refractivity (Wildman–Crippen MR) is 84.5 cm³/mol. The van der Waals surface area contributed by atoms with Gasteiger partial charge < -0.3 is 0 Å². The Bertz CT molecular complexity index is 806. The van der Waals surface area contributed by atoms with E-state index in [1.54, 1.807) is 30.3 Å². The number of nitro groups is 1. The number of nitro benzene ring substituents is 1. The van der Waals surface area contributed by atoms with E-state index in [1.807, 2.05) is 0 Å². The minimum absolute atomic E-state index is 0.0716. The lowest BCUT2D eigenvalue weighted by molar-refractivity contribution is -0.387. The molecule has 0 bridgehead atoms. The first-order valence-electron chi connectivity index (χ1n) is 5.70. The molecule has 110 valence electrons. The van der Waals surface area contributed by atoms with Gasteiger partial charge >= 0.3 is 0 Å². The van der Waals surface area contributed by atoms with E-state index in [-0.39, 0.29) is 10.6 Å².